The van der Waals surface area contributed by atoms with E-state index in [0.29, 0.717) is 0 Å². The second-order valence-corrected chi connectivity index (χ2v) is 0.707. The summed E-state index contributed by atoms with van der Waals surface area (Å²) in [7, 11) is -0.500. The molecule has 0 aliphatic carbocycles. The van der Waals surface area contributed by atoms with Gasteiger partial charge in [-0.05, 0) is 6.55 Å². The Kier molecular flexibility index (Phi) is 20.0. The van der Waals surface area contributed by atoms with Crippen molar-refractivity contribution in [3.05, 3.63) is 0 Å². The second-order valence-electron chi connectivity index (χ2n) is 0.236. The van der Waals surface area contributed by atoms with Gasteiger partial charge in [0.1, 0.15) is 0 Å². The largest absolute Gasteiger partial charge is 1.00 e. The molecule has 0 unspecified atom stereocenters. The Bertz CT molecular complexity index is 19.1. The van der Waals surface area contributed by atoms with E-state index in [-0.39, 0.29) is 31.0 Å². The summed E-state index contributed by atoms with van der Waals surface area (Å²) in [4.78, 5) is 0. The Balaban J connectivity index is -0.0000000200. The maximum atomic E-state index is 9.01. The van der Waals surface area contributed by atoms with Gasteiger partial charge in [-0.25, -0.2) is 0 Å². The fraction of sp³-hybridized carbons (Fsp3) is 1.00. The van der Waals surface area contributed by atoms with Crippen LogP contribution >= 0.6 is 0 Å². The van der Waals surface area contributed by atoms with E-state index in [0.717, 1.165) is 0 Å². The Morgan fingerprint density at radius 3 is 2.00 bits per heavy atom. The molecule has 0 rings (SSSR count). The molecule has 0 bridgehead atoms. The molecule has 1 nitrogen and oxygen atoms in total. The fourth-order valence-corrected chi connectivity index (χ4v) is 0. The van der Waals surface area contributed by atoms with Gasteiger partial charge in [-0.1, -0.05) is 0 Å². The van der Waals surface area contributed by atoms with Crippen molar-refractivity contribution >= 4 is 9.41 Å². The molecule has 0 aliphatic heterocycles. The van der Waals surface area contributed by atoms with Crippen molar-refractivity contribution in [2.75, 3.05) is 0 Å². The van der Waals surface area contributed by atoms with Gasteiger partial charge in [0.15, 0.2) is 0 Å². The molecule has 0 aromatic carbocycles. The molecule has 0 atom stereocenters. The summed E-state index contributed by atoms with van der Waals surface area (Å²) in [5, 5.41) is 0. The molecule has 0 aliphatic rings. The van der Waals surface area contributed by atoms with Gasteiger partial charge >= 0.3 is 29.6 Å². The zero-order chi connectivity index (χ0) is 2.71. The van der Waals surface area contributed by atoms with Crippen LogP contribution < -0.4 is 29.6 Å². The molecule has 0 saturated heterocycles. The van der Waals surface area contributed by atoms with Crippen molar-refractivity contribution in [2.24, 2.45) is 0 Å². The second kappa shape index (κ2) is 8.99. The van der Waals surface area contributed by atoms with Crippen LogP contribution in [0.15, 0.2) is 0 Å². The van der Waals surface area contributed by atoms with Crippen LogP contribution in [0.4, 0.5) is 0 Å². The van der Waals surface area contributed by atoms with Crippen molar-refractivity contribution in [2.45, 2.75) is 6.55 Å². The van der Waals surface area contributed by atoms with Crippen LogP contribution in [-0.4, -0.2) is 9.41 Å². The van der Waals surface area contributed by atoms with E-state index < -0.39 is 9.41 Å². The predicted molar refractivity (Wildman–Crippen MR) is 14.8 cm³/mol. The molecule has 0 aromatic heterocycles. The maximum Gasteiger partial charge on any atom is 1.00 e. The molecule has 0 aromatic rings. The van der Waals surface area contributed by atoms with E-state index in [4.69, 9.17) is 4.46 Å². The molecular weight excluding hydrogens is 79.1 g/mol. The first-order valence-corrected chi connectivity index (χ1v) is 2.44. The van der Waals surface area contributed by atoms with E-state index in [1.54, 1.807) is 6.55 Å². The third-order valence-corrected chi connectivity index (χ3v) is 0. The third kappa shape index (κ3) is 11.9. The Morgan fingerprint density at radius 2 is 2.00 bits per heavy atom. The zero-order valence-electron chi connectivity index (χ0n) is 3.99. The van der Waals surface area contributed by atoms with Crippen LogP contribution in [0.2, 0.25) is 6.55 Å². The first-order chi connectivity index (χ1) is 1.41. The quantitative estimate of drug-likeness (QED) is 0.285. The topological polar surface area (TPSA) is 17.1 Å². The van der Waals surface area contributed by atoms with Gasteiger partial charge in [-0.2, -0.15) is 0 Å². The summed E-state index contributed by atoms with van der Waals surface area (Å²) in [6, 6.07) is 0. The Hall–Kier alpha value is 1.02. The van der Waals surface area contributed by atoms with Crippen LogP contribution in [0.5, 0.6) is 0 Å². The van der Waals surface area contributed by atoms with Crippen molar-refractivity contribution in [3.63, 3.8) is 0 Å². The minimum Gasteiger partial charge on any atom is -1.00 e. The number of hydrogen-bond donors (Lipinski definition) is 0. The Labute approximate surface area is 51.4 Å². The van der Waals surface area contributed by atoms with Crippen molar-refractivity contribution < 1.29 is 35.4 Å². The molecule has 4 heavy (non-hydrogen) atoms. The van der Waals surface area contributed by atoms with Gasteiger partial charge in [0.25, 0.3) is 9.41 Å². The van der Waals surface area contributed by atoms with Crippen LogP contribution in [0.25, 0.3) is 0 Å². The summed E-state index contributed by atoms with van der Waals surface area (Å²) in [5.41, 5.74) is 0. The normalized spacial score (nSPS) is 3.25. The monoisotopic (exact) mass is 84.0 g/mol. The maximum absolute atomic E-state index is 9.01. The van der Waals surface area contributed by atoms with Crippen molar-refractivity contribution in [1.29, 1.82) is 0 Å². The minimum absolute atomic E-state index is 0. The van der Waals surface area contributed by atoms with Gasteiger partial charge in [-0.15, -0.1) is 0 Å². The van der Waals surface area contributed by atoms with E-state index in [2.05, 4.69) is 0 Å². The number of hydrogen-bond acceptors (Lipinski definition) is 1. The molecule has 20 valence electrons. The SMILES string of the molecule is C[SiH]=O.[H-].[Na+]. The molecule has 0 amide bonds. The third-order valence-electron chi connectivity index (χ3n) is 0. The number of rotatable bonds is 0. The summed E-state index contributed by atoms with van der Waals surface area (Å²) in [6.45, 7) is 1.65. The molecule has 0 heterocycles. The van der Waals surface area contributed by atoms with Gasteiger partial charge in [0.05, 0.1) is 0 Å². The summed E-state index contributed by atoms with van der Waals surface area (Å²) < 4.78 is 9.01. The molecule has 0 spiro atoms. The molecule has 3 heteroatoms. The summed E-state index contributed by atoms with van der Waals surface area (Å²) in [5.74, 6) is 0. The van der Waals surface area contributed by atoms with Crippen molar-refractivity contribution in [3.8, 4) is 0 Å². The molecule has 0 N–H and O–H groups in total. The minimum atomic E-state index is -0.500. The van der Waals surface area contributed by atoms with Crippen LogP contribution in [0.3, 0.4) is 0 Å². The molecule has 0 fully saturated rings. The van der Waals surface area contributed by atoms with Crippen LogP contribution in [0, 0.1) is 0 Å². The average molecular weight is 84.1 g/mol. The van der Waals surface area contributed by atoms with E-state index >= 15 is 0 Å². The van der Waals surface area contributed by atoms with Gasteiger partial charge in [0.2, 0.25) is 0 Å². The zero-order valence-corrected chi connectivity index (χ0v) is 6.14. The Morgan fingerprint density at radius 1 is 2.00 bits per heavy atom. The first kappa shape index (κ1) is 8.89. The molecular formula is CH5NaOSi. The predicted octanol–water partition coefficient (Wildman–Crippen LogP) is -3.07. The molecule has 0 radical (unpaired) electrons. The summed E-state index contributed by atoms with van der Waals surface area (Å²) in [6.07, 6.45) is 0. The standard InChI is InChI=1S/CH4OSi.Na.H/c1-3-2;;/h3H,1H3;;/q;+1;-1. The van der Waals surface area contributed by atoms with Crippen LogP contribution in [-0.2, 0) is 4.46 Å². The summed E-state index contributed by atoms with van der Waals surface area (Å²) >= 11 is 0. The van der Waals surface area contributed by atoms with Gasteiger partial charge in [-0.3, -0.25) is 0 Å². The van der Waals surface area contributed by atoms with E-state index in [9.17, 15) is 0 Å². The van der Waals surface area contributed by atoms with Crippen LogP contribution in [0.1, 0.15) is 1.43 Å². The smallest absolute Gasteiger partial charge is 1.00 e. The fourth-order valence-electron chi connectivity index (χ4n) is 0. The van der Waals surface area contributed by atoms with Gasteiger partial charge < -0.3 is 5.89 Å². The first-order valence-electron chi connectivity index (χ1n) is 0.813. The average Bonchev–Trinajstić information content (AvgIpc) is 0.918. The van der Waals surface area contributed by atoms with E-state index in [1.807, 2.05) is 0 Å². The van der Waals surface area contributed by atoms with Gasteiger partial charge in [0, 0.05) is 0 Å². The van der Waals surface area contributed by atoms with Crippen molar-refractivity contribution in [1.82, 2.24) is 0 Å². The molecule has 0 saturated carbocycles. The van der Waals surface area contributed by atoms with E-state index in [1.165, 1.54) is 0 Å².